The van der Waals surface area contributed by atoms with Crippen LogP contribution in [0.3, 0.4) is 0 Å². The molecule has 1 amide bonds. The van der Waals surface area contributed by atoms with Crippen molar-refractivity contribution >= 4 is 17.5 Å². The predicted molar refractivity (Wildman–Crippen MR) is 60.6 cm³/mol. The van der Waals surface area contributed by atoms with E-state index >= 15 is 0 Å². The molecule has 0 radical (unpaired) electrons. The van der Waals surface area contributed by atoms with Crippen molar-refractivity contribution in [2.75, 3.05) is 39.5 Å². The van der Waals surface area contributed by atoms with E-state index in [2.05, 4.69) is 0 Å². The van der Waals surface area contributed by atoms with E-state index in [1.807, 2.05) is 0 Å². The van der Waals surface area contributed by atoms with E-state index in [0.717, 1.165) is 19.4 Å². The number of halogens is 1. The average Bonchev–Trinajstić information content (AvgIpc) is 2.39. The van der Waals surface area contributed by atoms with Gasteiger partial charge in [0.05, 0.1) is 19.8 Å². The van der Waals surface area contributed by atoms with Gasteiger partial charge in [-0.15, -0.1) is 11.6 Å². The van der Waals surface area contributed by atoms with Crippen LogP contribution in [0.2, 0.25) is 0 Å². The number of hydrogen-bond donors (Lipinski definition) is 0. The van der Waals surface area contributed by atoms with Crippen molar-refractivity contribution in [3.05, 3.63) is 0 Å². The van der Waals surface area contributed by atoms with Gasteiger partial charge in [-0.1, -0.05) is 0 Å². The average molecular weight is 248 g/mol. The van der Waals surface area contributed by atoms with E-state index in [0.29, 0.717) is 32.9 Å². The van der Waals surface area contributed by atoms with Gasteiger partial charge < -0.3 is 14.4 Å². The van der Waals surface area contributed by atoms with E-state index in [-0.39, 0.29) is 11.8 Å². The molecule has 2 unspecified atom stereocenters. The van der Waals surface area contributed by atoms with E-state index in [9.17, 15) is 4.79 Å². The summed E-state index contributed by atoms with van der Waals surface area (Å²) in [7, 11) is 0. The summed E-state index contributed by atoms with van der Waals surface area (Å²) in [5.74, 6) is 0.214. The highest BCUT2D eigenvalue weighted by Crippen LogP contribution is 2.23. The molecule has 2 saturated heterocycles. The molecule has 0 N–H and O–H groups in total. The minimum Gasteiger partial charge on any atom is -0.381 e. The number of morpholine rings is 1. The van der Waals surface area contributed by atoms with Gasteiger partial charge in [-0.3, -0.25) is 4.79 Å². The maximum absolute atomic E-state index is 12.1. The first-order valence-corrected chi connectivity index (χ1v) is 6.31. The largest absolute Gasteiger partial charge is 0.381 e. The van der Waals surface area contributed by atoms with Gasteiger partial charge in [-0.25, -0.2) is 0 Å². The van der Waals surface area contributed by atoms with E-state index in [1.165, 1.54) is 0 Å². The van der Waals surface area contributed by atoms with Crippen LogP contribution in [0.25, 0.3) is 0 Å². The number of hydrogen-bond acceptors (Lipinski definition) is 3. The van der Waals surface area contributed by atoms with Crippen LogP contribution < -0.4 is 0 Å². The zero-order valence-corrected chi connectivity index (χ0v) is 10.1. The van der Waals surface area contributed by atoms with Crippen LogP contribution in [0.1, 0.15) is 12.8 Å². The molecule has 16 heavy (non-hydrogen) atoms. The van der Waals surface area contributed by atoms with Crippen molar-refractivity contribution < 1.29 is 14.3 Å². The van der Waals surface area contributed by atoms with E-state index in [4.69, 9.17) is 21.1 Å². The molecule has 4 nitrogen and oxygen atoms in total. The maximum Gasteiger partial charge on any atom is 0.241 e. The number of nitrogens with zero attached hydrogens (tertiary/aromatic N) is 1. The third-order valence-electron chi connectivity index (χ3n) is 3.17. The summed E-state index contributed by atoms with van der Waals surface area (Å²) in [5.41, 5.74) is 0. The van der Waals surface area contributed by atoms with Crippen LogP contribution in [0.4, 0.5) is 0 Å². The predicted octanol–water partition coefficient (Wildman–Crippen LogP) is 0.879. The smallest absolute Gasteiger partial charge is 0.241 e. The number of carbonyl (C=O) groups excluding carboxylic acids is 1. The second kappa shape index (κ2) is 5.84. The monoisotopic (exact) mass is 247 g/mol. The molecule has 2 atom stereocenters. The number of carbonyl (C=O) groups is 1. The van der Waals surface area contributed by atoms with Gasteiger partial charge >= 0.3 is 0 Å². The van der Waals surface area contributed by atoms with Crippen molar-refractivity contribution in [1.82, 2.24) is 4.90 Å². The van der Waals surface area contributed by atoms with Gasteiger partial charge in [0.25, 0.3) is 0 Å². The highest BCUT2D eigenvalue weighted by atomic mass is 35.5. The fraction of sp³-hybridized carbons (Fsp3) is 0.909. The molecule has 0 bridgehead atoms. The summed E-state index contributed by atoms with van der Waals surface area (Å²) in [5, 5.41) is -0.432. The lowest BCUT2D eigenvalue weighted by Gasteiger charge is -2.32. The summed E-state index contributed by atoms with van der Waals surface area (Å²) in [6.07, 6.45) is 1.99. The van der Waals surface area contributed by atoms with Gasteiger partial charge in [0.1, 0.15) is 5.38 Å². The number of rotatable bonds is 2. The first-order valence-electron chi connectivity index (χ1n) is 5.87. The zero-order valence-electron chi connectivity index (χ0n) is 9.36. The second-order valence-electron chi connectivity index (χ2n) is 4.32. The maximum atomic E-state index is 12.1. The molecule has 92 valence electrons. The minimum absolute atomic E-state index is 0.0421. The molecule has 0 aliphatic carbocycles. The molecule has 5 heteroatoms. The number of ether oxygens (including phenoxy) is 2. The van der Waals surface area contributed by atoms with Crippen LogP contribution in [-0.4, -0.2) is 55.7 Å². The van der Waals surface area contributed by atoms with Crippen LogP contribution in [-0.2, 0) is 14.3 Å². The molecule has 2 rings (SSSR count). The number of alkyl halides is 1. The first-order chi connectivity index (χ1) is 7.79. The molecule has 2 aliphatic heterocycles. The van der Waals surface area contributed by atoms with Gasteiger partial charge in [0, 0.05) is 25.6 Å². The molecule has 2 aliphatic rings. The van der Waals surface area contributed by atoms with E-state index < -0.39 is 5.38 Å². The van der Waals surface area contributed by atoms with Crippen LogP contribution in [0.5, 0.6) is 0 Å². The Balaban J connectivity index is 1.86. The fourth-order valence-electron chi connectivity index (χ4n) is 2.16. The van der Waals surface area contributed by atoms with Crippen molar-refractivity contribution in [1.29, 1.82) is 0 Å². The molecule has 0 saturated carbocycles. The van der Waals surface area contributed by atoms with Gasteiger partial charge in [0.15, 0.2) is 0 Å². The lowest BCUT2D eigenvalue weighted by molar-refractivity contribution is -0.136. The van der Waals surface area contributed by atoms with Crippen molar-refractivity contribution in [3.63, 3.8) is 0 Å². The minimum atomic E-state index is -0.432. The molecular formula is C11H18ClNO3. The Morgan fingerprint density at radius 2 is 2.00 bits per heavy atom. The highest BCUT2D eigenvalue weighted by Gasteiger charge is 2.31. The van der Waals surface area contributed by atoms with Gasteiger partial charge in [-0.05, 0) is 12.8 Å². The molecule has 2 heterocycles. The number of amides is 1. The Hall–Kier alpha value is -0.320. The summed E-state index contributed by atoms with van der Waals surface area (Å²) < 4.78 is 10.6. The molecular weight excluding hydrogens is 230 g/mol. The lowest BCUT2D eigenvalue weighted by Crippen LogP contribution is -2.47. The molecule has 2 fully saturated rings. The lowest BCUT2D eigenvalue weighted by atomic mass is 9.97. The first kappa shape index (κ1) is 12.1. The Morgan fingerprint density at radius 1 is 1.25 bits per heavy atom. The van der Waals surface area contributed by atoms with Gasteiger partial charge in [-0.2, -0.15) is 0 Å². The zero-order chi connectivity index (χ0) is 11.4. The summed E-state index contributed by atoms with van der Waals surface area (Å²) in [4.78, 5) is 13.9. The van der Waals surface area contributed by atoms with Crippen LogP contribution in [0.15, 0.2) is 0 Å². The third-order valence-corrected chi connectivity index (χ3v) is 3.71. The van der Waals surface area contributed by atoms with Crippen molar-refractivity contribution in [3.8, 4) is 0 Å². The van der Waals surface area contributed by atoms with E-state index in [1.54, 1.807) is 4.90 Å². The van der Waals surface area contributed by atoms with Crippen LogP contribution >= 0.6 is 11.6 Å². The molecule has 0 aromatic carbocycles. The highest BCUT2D eigenvalue weighted by molar-refractivity contribution is 6.30. The Morgan fingerprint density at radius 3 is 2.62 bits per heavy atom. The molecule has 0 aromatic heterocycles. The van der Waals surface area contributed by atoms with Crippen molar-refractivity contribution in [2.24, 2.45) is 5.92 Å². The summed E-state index contributed by atoms with van der Waals surface area (Å²) in [6, 6.07) is 0. The van der Waals surface area contributed by atoms with Crippen molar-refractivity contribution in [2.45, 2.75) is 18.2 Å². The van der Waals surface area contributed by atoms with Gasteiger partial charge in [0.2, 0.25) is 5.91 Å². The topological polar surface area (TPSA) is 38.8 Å². The Kier molecular flexibility index (Phi) is 4.44. The quantitative estimate of drug-likeness (QED) is 0.680. The standard InChI is InChI=1S/C11H18ClNO3/c12-10(9-2-1-5-16-8-9)11(14)13-3-6-15-7-4-13/h9-10H,1-8H2. The normalized spacial score (nSPS) is 28.8. The molecule has 0 aromatic rings. The second-order valence-corrected chi connectivity index (χ2v) is 4.79. The SMILES string of the molecule is O=C(C(Cl)C1CCCOC1)N1CCOCC1. The fourth-order valence-corrected chi connectivity index (χ4v) is 2.49. The summed E-state index contributed by atoms with van der Waals surface area (Å²) >= 11 is 6.23. The third kappa shape index (κ3) is 2.87. The van der Waals surface area contributed by atoms with Crippen LogP contribution in [0, 0.1) is 5.92 Å². The molecule has 0 spiro atoms. The Bertz CT molecular complexity index is 237. The Labute approximate surface area is 101 Å². The summed E-state index contributed by atoms with van der Waals surface area (Å²) in [6.45, 7) is 3.98.